The summed E-state index contributed by atoms with van der Waals surface area (Å²) in [7, 11) is 0. The fourth-order valence-corrected chi connectivity index (χ4v) is 2.51. The van der Waals surface area contributed by atoms with E-state index in [9.17, 15) is 0 Å². The van der Waals surface area contributed by atoms with Crippen molar-refractivity contribution in [2.24, 2.45) is 0 Å². The number of anilines is 1. The third-order valence-electron chi connectivity index (χ3n) is 2.53. The zero-order valence-electron chi connectivity index (χ0n) is 9.66. The molecule has 6 nitrogen and oxygen atoms in total. The van der Waals surface area contributed by atoms with Gasteiger partial charge < -0.3 is 10.7 Å². The average molecular weight is 268 g/mol. The molecule has 0 spiro atoms. The first kappa shape index (κ1) is 11.5. The first-order chi connectivity index (χ1) is 9.28. The van der Waals surface area contributed by atoms with Gasteiger partial charge in [0.15, 0.2) is 5.65 Å². The summed E-state index contributed by atoms with van der Waals surface area (Å²) in [5, 5.41) is 9.56. The molecular weight excluding hydrogens is 260 g/mol. The highest BCUT2D eigenvalue weighted by molar-refractivity contribution is 7.99. The van der Waals surface area contributed by atoms with E-state index < -0.39 is 0 Å². The van der Waals surface area contributed by atoms with E-state index in [4.69, 9.17) is 11.0 Å². The number of hydrogen-bond acceptors (Lipinski definition) is 6. The first-order valence-corrected chi connectivity index (χ1v) is 6.21. The highest BCUT2D eigenvalue weighted by Gasteiger charge is 2.09. The fraction of sp³-hybridized carbons (Fsp3) is 0. The van der Waals surface area contributed by atoms with Gasteiger partial charge >= 0.3 is 0 Å². The van der Waals surface area contributed by atoms with Crippen molar-refractivity contribution in [1.82, 2.24) is 19.9 Å². The molecule has 92 valence electrons. The van der Waals surface area contributed by atoms with Crippen LogP contribution in [0.1, 0.15) is 5.56 Å². The van der Waals surface area contributed by atoms with Crippen LogP contribution in [0.4, 0.5) is 5.69 Å². The lowest BCUT2D eigenvalue weighted by atomic mass is 10.2. The maximum atomic E-state index is 8.81. The number of fused-ring (bicyclic) bond motifs is 1. The summed E-state index contributed by atoms with van der Waals surface area (Å²) in [6, 6.07) is 7.23. The molecule has 0 fully saturated rings. The standard InChI is InChI=1S/C12H8N6S/c13-4-7-1-2-9(8(14)3-7)19-12-10-11(16-5-15-10)17-6-18-12/h1-3,5-6H,14H2,(H,15,16,17,18). The van der Waals surface area contributed by atoms with Gasteiger partial charge in [0, 0.05) is 10.6 Å². The summed E-state index contributed by atoms with van der Waals surface area (Å²) in [4.78, 5) is 16.2. The van der Waals surface area contributed by atoms with Crippen LogP contribution in [0.15, 0.2) is 40.8 Å². The van der Waals surface area contributed by atoms with Gasteiger partial charge in [-0.15, -0.1) is 0 Å². The number of benzene rings is 1. The fourth-order valence-electron chi connectivity index (χ4n) is 1.64. The van der Waals surface area contributed by atoms with Crippen molar-refractivity contribution in [2.45, 2.75) is 9.92 Å². The van der Waals surface area contributed by atoms with Crippen LogP contribution in [-0.2, 0) is 0 Å². The molecule has 0 bridgehead atoms. The first-order valence-electron chi connectivity index (χ1n) is 5.39. The number of nitriles is 1. The van der Waals surface area contributed by atoms with Gasteiger partial charge in [-0.3, -0.25) is 0 Å². The minimum Gasteiger partial charge on any atom is -0.398 e. The summed E-state index contributed by atoms with van der Waals surface area (Å²) in [6.07, 6.45) is 3.04. The Bertz CT molecular complexity index is 788. The van der Waals surface area contributed by atoms with Gasteiger partial charge in [-0.05, 0) is 18.2 Å². The lowest BCUT2D eigenvalue weighted by molar-refractivity contribution is 1.08. The van der Waals surface area contributed by atoms with Gasteiger partial charge in [0.05, 0.1) is 18.0 Å². The zero-order chi connectivity index (χ0) is 13.2. The van der Waals surface area contributed by atoms with Crippen molar-refractivity contribution in [1.29, 1.82) is 5.26 Å². The monoisotopic (exact) mass is 268 g/mol. The smallest absolute Gasteiger partial charge is 0.181 e. The SMILES string of the molecule is N#Cc1ccc(Sc2ncnc3nc[nH]c23)c(N)c1. The topological polar surface area (TPSA) is 104 Å². The number of aromatic amines is 1. The summed E-state index contributed by atoms with van der Waals surface area (Å²) in [5.74, 6) is 0. The number of nitrogens with one attached hydrogen (secondary N) is 1. The van der Waals surface area contributed by atoms with Crippen LogP contribution in [0, 0.1) is 11.3 Å². The summed E-state index contributed by atoms with van der Waals surface area (Å²) in [5.41, 5.74) is 8.40. The molecule has 3 rings (SSSR count). The van der Waals surface area contributed by atoms with Crippen LogP contribution in [0.3, 0.4) is 0 Å². The summed E-state index contributed by atoms with van der Waals surface area (Å²) in [6.45, 7) is 0. The van der Waals surface area contributed by atoms with E-state index in [-0.39, 0.29) is 0 Å². The summed E-state index contributed by atoms with van der Waals surface area (Å²) < 4.78 is 0. The Morgan fingerprint density at radius 3 is 2.95 bits per heavy atom. The highest BCUT2D eigenvalue weighted by Crippen LogP contribution is 2.33. The molecule has 1 aromatic carbocycles. The van der Waals surface area contributed by atoms with Gasteiger partial charge in [-0.25, -0.2) is 15.0 Å². The third-order valence-corrected chi connectivity index (χ3v) is 3.63. The van der Waals surface area contributed by atoms with Gasteiger partial charge in [0.2, 0.25) is 0 Å². The quantitative estimate of drug-likeness (QED) is 0.543. The number of aromatic nitrogens is 4. The molecule has 0 saturated carbocycles. The Morgan fingerprint density at radius 1 is 1.26 bits per heavy atom. The van der Waals surface area contributed by atoms with Gasteiger partial charge in [-0.2, -0.15) is 5.26 Å². The Balaban J connectivity index is 2.02. The predicted molar refractivity (Wildman–Crippen MR) is 71.4 cm³/mol. The lowest BCUT2D eigenvalue weighted by Crippen LogP contribution is -1.91. The number of nitrogen functional groups attached to an aromatic ring is 1. The van der Waals surface area contributed by atoms with Crippen LogP contribution in [0.25, 0.3) is 11.2 Å². The summed E-state index contributed by atoms with van der Waals surface area (Å²) >= 11 is 1.41. The molecule has 3 aromatic rings. The second-order valence-electron chi connectivity index (χ2n) is 3.75. The molecule has 0 unspecified atom stereocenters. The number of H-pyrrole nitrogens is 1. The number of nitrogens with zero attached hydrogens (tertiary/aromatic N) is 4. The number of imidazole rings is 1. The van der Waals surface area contributed by atoms with E-state index >= 15 is 0 Å². The third kappa shape index (κ3) is 2.09. The minimum atomic E-state index is 0.538. The van der Waals surface area contributed by atoms with Crippen LogP contribution in [-0.4, -0.2) is 19.9 Å². The van der Waals surface area contributed by atoms with E-state index in [1.54, 1.807) is 18.5 Å². The molecular formula is C12H8N6S. The largest absolute Gasteiger partial charge is 0.398 e. The molecule has 0 radical (unpaired) electrons. The molecule has 0 aliphatic rings. The van der Waals surface area contributed by atoms with E-state index in [1.165, 1.54) is 18.1 Å². The van der Waals surface area contributed by atoms with Gasteiger partial charge in [0.1, 0.15) is 16.9 Å². The molecule has 0 saturated heterocycles. The van der Waals surface area contributed by atoms with E-state index in [2.05, 4.69) is 26.0 Å². The van der Waals surface area contributed by atoms with Crippen LogP contribution < -0.4 is 5.73 Å². The maximum absolute atomic E-state index is 8.81. The molecule has 2 aromatic heterocycles. The molecule has 19 heavy (non-hydrogen) atoms. The van der Waals surface area contributed by atoms with E-state index in [1.807, 2.05) is 6.07 Å². The molecule has 3 N–H and O–H groups in total. The second-order valence-corrected chi connectivity index (χ2v) is 4.78. The number of hydrogen-bond donors (Lipinski definition) is 2. The van der Waals surface area contributed by atoms with Crippen molar-refractivity contribution in [2.75, 3.05) is 5.73 Å². The van der Waals surface area contributed by atoms with Crippen LogP contribution >= 0.6 is 11.8 Å². The average Bonchev–Trinajstić information content (AvgIpc) is 2.90. The molecule has 0 aliphatic heterocycles. The van der Waals surface area contributed by atoms with Crippen molar-refractivity contribution in [3.05, 3.63) is 36.4 Å². The number of rotatable bonds is 2. The van der Waals surface area contributed by atoms with E-state index in [0.717, 1.165) is 15.4 Å². The molecule has 0 aliphatic carbocycles. The van der Waals surface area contributed by atoms with Crippen molar-refractivity contribution < 1.29 is 0 Å². The maximum Gasteiger partial charge on any atom is 0.181 e. The van der Waals surface area contributed by atoms with E-state index in [0.29, 0.717) is 16.9 Å². The molecule has 2 heterocycles. The normalized spacial score (nSPS) is 10.5. The lowest BCUT2D eigenvalue weighted by Gasteiger charge is -2.05. The number of nitrogens with two attached hydrogens (primary N) is 1. The minimum absolute atomic E-state index is 0.538. The second kappa shape index (κ2) is 4.59. The predicted octanol–water partition coefficient (Wildman–Crippen LogP) is 1.96. The Kier molecular flexibility index (Phi) is 2.78. The van der Waals surface area contributed by atoms with Crippen molar-refractivity contribution >= 4 is 28.6 Å². The molecule has 0 atom stereocenters. The Morgan fingerprint density at radius 2 is 2.16 bits per heavy atom. The molecule has 0 amide bonds. The van der Waals surface area contributed by atoms with Crippen LogP contribution in [0.2, 0.25) is 0 Å². The Hall–Kier alpha value is -2.59. The van der Waals surface area contributed by atoms with Gasteiger partial charge in [0.25, 0.3) is 0 Å². The Labute approximate surface area is 112 Å². The zero-order valence-corrected chi connectivity index (χ0v) is 10.5. The molecule has 7 heteroatoms. The van der Waals surface area contributed by atoms with Crippen molar-refractivity contribution in [3.63, 3.8) is 0 Å². The van der Waals surface area contributed by atoms with Gasteiger partial charge in [-0.1, -0.05) is 11.8 Å². The highest BCUT2D eigenvalue weighted by atomic mass is 32.2. The van der Waals surface area contributed by atoms with Crippen molar-refractivity contribution in [3.8, 4) is 6.07 Å². The van der Waals surface area contributed by atoms with Crippen LogP contribution in [0.5, 0.6) is 0 Å².